The standard InChI is InChI=1S/C12H17N3OS/c1-8-6-14-5-4-9(8)7-15-11(16)12(2,3)10(13)17/h4-6H,7H2,1-3H3,(H2,13,17)(H,15,16). The van der Waals surface area contributed by atoms with E-state index in [1.807, 2.05) is 13.0 Å². The molecule has 3 N–H and O–H groups in total. The van der Waals surface area contributed by atoms with Crippen LogP contribution in [0.15, 0.2) is 18.5 Å². The van der Waals surface area contributed by atoms with E-state index in [-0.39, 0.29) is 10.9 Å². The Kier molecular flexibility index (Phi) is 4.17. The summed E-state index contributed by atoms with van der Waals surface area (Å²) in [7, 11) is 0. The summed E-state index contributed by atoms with van der Waals surface area (Å²) >= 11 is 4.87. The van der Waals surface area contributed by atoms with Gasteiger partial charge in [0.25, 0.3) is 0 Å². The second-order valence-corrected chi connectivity index (χ2v) is 4.91. The number of amides is 1. The second kappa shape index (κ2) is 5.23. The monoisotopic (exact) mass is 251 g/mol. The van der Waals surface area contributed by atoms with Gasteiger partial charge in [-0.2, -0.15) is 0 Å². The fourth-order valence-electron chi connectivity index (χ4n) is 1.21. The molecule has 0 saturated heterocycles. The highest BCUT2D eigenvalue weighted by molar-refractivity contribution is 7.80. The normalized spacial score (nSPS) is 11.0. The predicted octanol–water partition coefficient (Wildman–Crippen LogP) is 1.32. The first-order valence-corrected chi connectivity index (χ1v) is 5.74. The van der Waals surface area contributed by atoms with Gasteiger partial charge in [0.15, 0.2) is 0 Å². The van der Waals surface area contributed by atoms with E-state index in [1.54, 1.807) is 26.2 Å². The van der Waals surface area contributed by atoms with Crippen LogP contribution in [0.3, 0.4) is 0 Å². The summed E-state index contributed by atoms with van der Waals surface area (Å²) in [6.07, 6.45) is 3.47. The fourth-order valence-corrected chi connectivity index (χ4v) is 1.30. The van der Waals surface area contributed by atoms with Crippen molar-refractivity contribution >= 4 is 23.1 Å². The molecule has 4 nitrogen and oxygen atoms in total. The van der Waals surface area contributed by atoms with Crippen LogP contribution in [0.1, 0.15) is 25.0 Å². The zero-order valence-electron chi connectivity index (χ0n) is 10.3. The van der Waals surface area contributed by atoms with Gasteiger partial charge < -0.3 is 11.1 Å². The van der Waals surface area contributed by atoms with Crippen molar-refractivity contribution in [3.05, 3.63) is 29.6 Å². The van der Waals surface area contributed by atoms with E-state index in [1.165, 1.54) is 0 Å². The molecular weight excluding hydrogens is 234 g/mol. The zero-order chi connectivity index (χ0) is 13.1. The molecule has 1 heterocycles. The molecule has 0 aliphatic carbocycles. The smallest absolute Gasteiger partial charge is 0.232 e. The number of carbonyl (C=O) groups excluding carboxylic acids is 1. The summed E-state index contributed by atoms with van der Waals surface area (Å²) in [6.45, 7) is 5.83. The summed E-state index contributed by atoms with van der Waals surface area (Å²) in [5, 5.41) is 2.83. The van der Waals surface area contributed by atoms with Crippen LogP contribution in [0.5, 0.6) is 0 Å². The number of thiocarbonyl (C=S) groups is 1. The third-order valence-corrected chi connectivity index (χ3v) is 3.27. The van der Waals surface area contributed by atoms with Crippen molar-refractivity contribution in [3.8, 4) is 0 Å². The molecule has 0 unspecified atom stereocenters. The lowest BCUT2D eigenvalue weighted by atomic mass is 9.92. The first-order valence-electron chi connectivity index (χ1n) is 5.33. The molecule has 0 aliphatic rings. The number of aromatic nitrogens is 1. The van der Waals surface area contributed by atoms with Crippen molar-refractivity contribution in [1.29, 1.82) is 0 Å². The van der Waals surface area contributed by atoms with Crippen LogP contribution in [0.25, 0.3) is 0 Å². The Bertz CT molecular complexity index is 443. The van der Waals surface area contributed by atoms with Crippen LogP contribution in [-0.4, -0.2) is 15.9 Å². The molecule has 92 valence electrons. The van der Waals surface area contributed by atoms with E-state index in [0.29, 0.717) is 6.54 Å². The number of rotatable bonds is 4. The molecule has 0 bridgehead atoms. The molecule has 0 radical (unpaired) electrons. The molecule has 0 aromatic carbocycles. The molecule has 0 atom stereocenters. The number of nitrogens with two attached hydrogens (primary N) is 1. The van der Waals surface area contributed by atoms with E-state index in [4.69, 9.17) is 18.0 Å². The SMILES string of the molecule is Cc1cnccc1CNC(=O)C(C)(C)C(N)=S. The number of nitrogens with zero attached hydrogens (tertiary/aromatic N) is 1. The molecule has 1 aromatic heterocycles. The van der Waals surface area contributed by atoms with Gasteiger partial charge in [-0.25, -0.2) is 0 Å². The average molecular weight is 251 g/mol. The molecule has 0 fully saturated rings. The first kappa shape index (κ1) is 13.6. The number of hydrogen-bond donors (Lipinski definition) is 2. The van der Waals surface area contributed by atoms with E-state index < -0.39 is 5.41 Å². The van der Waals surface area contributed by atoms with E-state index >= 15 is 0 Å². The van der Waals surface area contributed by atoms with Crippen molar-refractivity contribution in [2.75, 3.05) is 0 Å². The summed E-state index contributed by atoms with van der Waals surface area (Å²) in [5.41, 5.74) is 6.78. The van der Waals surface area contributed by atoms with E-state index in [9.17, 15) is 4.79 Å². The van der Waals surface area contributed by atoms with Gasteiger partial charge in [0.2, 0.25) is 5.91 Å². The van der Waals surface area contributed by atoms with E-state index in [0.717, 1.165) is 11.1 Å². The van der Waals surface area contributed by atoms with Gasteiger partial charge in [-0.15, -0.1) is 0 Å². The molecule has 17 heavy (non-hydrogen) atoms. The maximum absolute atomic E-state index is 11.9. The topological polar surface area (TPSA) is 68.0 Å². The predicted molar refractivity (Wildman–Crippen MR) is 71.4 cm³/mol. The van der Waals surface area contributed by atoms with Crippen LogP contribution in [0.4, 0.5) is 0 Å². The third-order valence-electron chi connectivity index (χ3n) is 2.76. The minimum atomic E-state index is -0.823. The Morgan fingerprint density at radius 1 is 1.59 bits per heavy atom. The summed E-state index contributed by atoms with van der Waals surface area (Å²) in [4.78, 5) is 16.1. The molecule has 0 spiro atoms. The minimum Gasteiger partial charge on any atom is -0.392 e. The molecule has 1 rings (SSSR count). The van der Waals surface area contributed by atoms with Crippen molar-refractivity contribution in [1.82, 2.24) is 10.3 Å². The van der Waals surface area contributed by atoms with Crippen molar-refractivity contribution in [3.63, 3.8) is 0 Å². The summed E-state index contributed by atoms with van der Waals surface area (Å²) < 4.78 is 0. The number of pyridine rings is 1. The Morgan fingerprint density at radius 3 is 2.76 bits per heavy atom. The lowest BCUT2D eigenvalue weighted by Gasteiger charge is -2.22. The van der Waals surface area contributed by atoms with Gasteiger partial charge in [-0.05, 0) is 38.0 Å². The fraction of sp³-hybridized carbons (Fsp3) is 0.417. The molecule has 0 saturated carbocycles. The first-order chi connectivity index (χ1) is 7.85. The van der Waals surface area contributed by atoms with Gasteiger partial charge in [0.1, 0.15) is 0 Å². The van der Waals surface area contributed by atoms with Crippen molar-refractivity contribution in [2.24, 2.45) is 11.1 Å². The Labute approximate surface area is 107 Å². The third kappa shape index (κ3) is 3.23. The van der Waals surface area contributed by atoms with Crippen LogP contribution < -0.4 is 11.1 Å². The lowest BCUT2D eigenvalue weighted by molar-refractivity contribution is -0.126. The van der Waals surface area contributed by atoms with Crippen LogP contribution in [-0.2, 0) is 11.3 Å². The van der Waals surface area contributed by atoms with Crippen LogP contribution in [0.2, 0.25) is 0 Å². The average Bonchev–Trinajstić information content (AvgIpc) is 2.27. The van der Waals surface area contributed by atoms with Gasteiger partial charge in [0, 0.05) is 18.9 Å². The van der Waals surface area contributed by atoms with Crippen molar-refractivity contribution < 1.29 is 4.79 Å². The quantitative estimate of drug-likeness (QED) is 0.792. The maximum atomic E-state index is 11.9. The van der Waals surface area contributed by atoms with Crippen LogP contribution in [0, 0.1) is 12.3 Å². The Morgan fingerprint density at radius 2 is 2.24 bits per heavy atom. The summed E-state index contributed by atoms with van der Waals surface area (Å²) in [5.74, 6) is -0.166. The molecule has 1 aromatic rings. The minimum absolute atomic E-state index is 0.166. The maximum Gasteiger partial charge on any atom is 0.232 e. The van der Waals surface area contributed by atoms with E-state index in [2.05, 4.69) is 10.3 Å². The van der Waals surface area contributed by atoms with Gasteiger partial charge in [-0.1, -0.05) is 12.2 Å². The number of carbonyl (C=O) groups is 1. The molecule has 1 amide bonds. The van der Waals surface area contributed by atoms with Gasteiger partial charge in [-0.3, -0.25) is 9.78 Å². The largest absolute Gasteiger partial charge is 0.392 e. The molecule has 5 heteroatoms. The second-order valence-electron chi connectivity index (χ2n) is 4.47. The van der Waals surface area contributed by atoms with Gasteiger partial charge >= 0.3 is 0 Å². The number of aryl methyl sites for hydroxylation is 1. The summed E-state index contributed by atoms with van der Waals surface area (Å²) in [6, 6.07) is 1.88. The Balaban J connectivity index is 2.67. The Hall–Kier alpha value is -1.49. The highest BCUT2D eigenvalue weighted by Crippen LogP contribution is 2.16. The van der Waals surface area contributed by atoms with Gasteiger partial charge in [0.05, 0.1) is 10.4 Å². The number of hydrogen-bond acceptors (Lipinski definition) is 3. The highest BCUT2D eigenvalue weighted by atomic mass is 32.1. The van der Waals surface area contributed by atoms with Crippen LogP contribution >= 0.6 is 12.2 Å². The van der Waals surface area contributed by atoms with Crippen molar-refractivity contribution in [2.45, 2.75) is 27.3 Å². The lowest BCUT2D eigenvalue weighted by Crippen LogP contribution is -2.44. The molecular formula is C12H17N3OS. The highest BCUT2D eigenvalue weighted by Gasteiger charge is 2.30. The zero-order valence-corrected chi connectivity index (χ0v) is 11.1. The number of nitrogens with one attached hydrogen (secondary N) is 1. The molecule has 0 aliphatic heterocycles.